The Hall–Kier alpha value is -1.06. The zero-order valence-corrected chi connectivity index (χ0v) is 12.0. The second-order valence-corrected chi connectivity index (χ2v) is 5.78. The molecule has 3 rings (SSSR count). The van der Waals surface area contributed by atoms with Crippen LogP contribution in [0.25, 0.3) is 0 Å². The van der Waals surface area contributed by atoms with Crippen LogP contribution in [0.5, 0.6) is 0 Å². The lowest BCUT2D eigenvalue weighted by Gasteiger charge is -2.41. The Morgan fingerprint density at radius 2 is 2.32 bits per heavy atom. The van der Waals surface area contributed by atoms with Crippen LogP contribution in [0.2, 0.25) is 0 Å². The van der Waals surface area contributed by atoms with E-state index in [0.29, 0.717) is 12.1 Å². The number of morpholine rings is 1. The van der Waals surface area contributed by atoms with Crippen molar-refractivity contribution in [2.45, 2.75) is 38.8 Å². The quantitative estimate of drug-likeness (QED) is 0.881. The molecule has 19 heavy (non-hydrogen) atoms. The number of hydrogen-bond acceptors (Lipinski definition) is 3. The molecule has 3 nitrogen and oxygen atoms in total. The van der Waals surface area contributed by atoms with Gasteiger partial charge in [0.25, 0.3) is 0 Å². The summed E-state index contributed by atoms with van der Waals surface area (Å²) in [6, 6.07) is 7.30. The highest BCUT2D eigenvalue weighted by atomic mass is 16.5. The Kier molecular flexibility index (Phi) is 3.76. The van der Waals surface area contributed by atoms with E-state index < -0.39 is 0 Å². The molecule has 2 heterocycles. The third-order valence-electron chi connectivity index (χ3n) is 4.38. The third kappa shape index (κ3) is 2.63. The Bertz CT molecular complexity index is 440. The van der Waals surface area contributed by atoms with Crippen molar-refractivity contribution < 1.29 is 4.74 Å². The van der Waals surface area contributed by atoms with Gasteiger partial charge in [0.2, 0.25) is 0 Å². The molecule has 3 heteroatoms. The van der Waals surface area contributed by atoms with Gasteiger partial charge in [0.15, 0.2) is 0 Å². The van der Waals surface area contributed by atoms with Crippen LogP contribution in [-0.2, 0) is 11.2 Å². The molecule has 1 fully saturated rings. The Morgan fingerprint density at radius 3 is 3.11 bits per heavy atom. The second-order valence-electron chi connectivity index (χ2n) is 5.78. The smallest absolute Gasteiger partial charge is 0.0900 e. The maximum absolute atomic E-state index is 5.93. The first-order valence-electron chi connectivity index (χ1n) is 7.44. The standard InChI is InChI=1S/C16H24N2O/c1-12-5-6-15-14(10-12)4-3-8-18(15)13(2)16-11-17-7-9-19-16/h5-6,10,13,16-17H,3-4,7-9,11H2,1-2H3. The van der Waals surface area contributed by atoms with Crippen molar-refractivity contribution in [2.75, 3.05) is 31.1 Å². The molecule has 0 amide bonds. The summed E-state index contributed by atoms with van der Waals surface area (Å²) < 4.78 is 5.93. The highest BCUT2D eigenvalue weighted by molar-refractivity contribution is 5.57. The number of fused-ring (bicyclic) bond motifs is 1. The van der Waals surface area contributed by atoms with E-state index in [-0.39, 0.29) is 0 Å². The summed E-state index contributed by atoms with van der Waals surface area (Å²) in [5.74, 6) is 0. The minimum absolute atomic E-state index is 0.306. The molecule has 104 valence electrons. The van der Waals surface area contributed by atoms with E-state index in [2.05, 4.69) is 42.3 Å². The number of hydrogen-bond donors (Lipinski definition) is 1. The van der Waals surface area contributed by atoms with Gasteiger partial charge >= 0.3 is 0 Å². The van der Waals surface area contributed by atoms with E-state index in [0.717, 1.165) is 26.2 Å². The van der Waals surface area contributed by atoms with Crippen molar-refractivity contribution in [3.05, 3.63) is 29.3 Å². The molecule has 0 radical (unpaired) electrons. The van der Waals surface area contributed by atoms with Crippen molar-refractivity contribution in [1.29, 1.82) is 0 Å². The molecule has 0 spiro atoms. The van der Waals surface area contributed by atoms with E-state index >= 15 is 0 Å². The minimum atomic E-state index is 0.306. The first-order valence-corrected chi connectivity index (χ1v) is 7.44. The molecule has 2 aliphatic rings. The van der Waals surface area contributed by atoms with Crippen LogP contribution in [0.1, 0.15) is 24.5 Å². The van der Waals surface area contributed by atoms with Crippen LogP contribution in [0.15, 0.2) is 18.2 Å². The molecule has 0 bridgehead atoms. The molecule has 0 saturated carbocycles. The lowest BCUT2D eigenvalue weighted by Crippen LogP contribution is -2.52. The zero-order valence-electron chi connectivity index (χ0n) is 12.0. The van der Waals surface area contributed by atoms with Crippen LogP contribution in [0, 0.1) is 6.92 Å². The van der Waals surface area contributed by atoms with Gasteiger partial charge in [-0.05, 0) is 38.3 Å². The van der Waals surface area contributed by atoms with Crippen LogP contribution >= 0.6 is 0 Å². The topological polar surface area (TPSA) is 24.5 Å². The van der Waals surface area contributed by atoms with E-state index in [1.54, 1.807) is 0 Å². The number of nitrogens with zero attached hydrogens (tertiary/aromatic N) is 1. The van der Waals surface area contributed by atoms with E-state index in [1.807, 2.05) is 0 Å². The number of ether oxygens (including phenoxy) is 1. The molecule has 1 aromatic rings. The summed E-state index contributed by atoms with van der Waals surface area (Å²) in [6.07, 6.45) is 2.77. The van der Waals surface area contributed by atoms with Crippen molar-refractivity contribution in [3.8, 4) is 0 Å². The average molecular weight is 260 g/mol. The Morgan fingerprint density at radius 1 is 1.42 bits per heavy atom. The summed E-state index contributed by atoms with van der Waals surface area (Å²) in [7, 11) is 0. The molecular formula is C16H24N2O. The summed E-state index contributed by atoms with van der Waals surface area (Å²) in [5.41, 5.74) is 4.28. The van der Waals surface area contributed by atoms with Gasteiger partial charge in [-0.15, -0.1) is 0 Å². The van der Waals surface area contributed by atoms with Gasteiger partial charge in [-0.1, -0.05) is 17.7 Å². The van der Waals surface area contributed by atoms with E-state index in [4.69, 9.17) is 4.74 Å². The molecule has 2 unspecified atom stereocenters. The largest absolute Gasteiger partial charge is 0.373 e. The van der Waals surface area contributed by atoms with Gasteiger partial charge in [-0.3, -0.25) is 0 Å². The molecule has 1 saturated heterocycles. The van der Waals surface area contributed by atoms with Crippen LogP contribution in [0.4, 0.5) is 5.69 Å². The summed E-state index contributed by atoms with van der Waals surface area (Å²) in [5, 5.41) is 3.44. The van der Waals surface area contributed by atoms with Crippen LogP contribution in [0.3, 0.4) is 0 Å². The van der Waals surface area contributed by atoms with Crippen molar-refractivity contribution in [3.63, 3.8) is 0 Å². The second kappa shape index (κ2) is 5.51. The lowest BCUT2D eigenvalue weighted by atomic mass is 9.97. The number of benzene rings is 1. The molecular weight excluding hydrogens is 236 g/mol. The highest BCUT2D eigenvalue weighted by Crippen LogP contribution is 2.30. The number of rotatable bonds is 2. The van der Waals surface area contributed by atoms with E-state index in [9.17, 15) is 0 Å². The SMILES string of the molecule is Cc1ccc2c(c1)CCCN2C(C)C1CNCCO1. The number of aryl methyl sites for hydroxylation is 2. The highest BCUT2D eigenvalue weighted by Gasteiger charge is 2.28. The van der Waals surface area contributed by atoms with Gasteiger partial charge in [0.1, 0.15) is 0 Å². The first kappa shape index (κ1) is 12.9. The summed E-state index contributed by atoms with van der Waals surface area (Å²) >= 11 is 0. The Balaban J connectivity index is 1.82. The fourth-order valence-electron chi connectivity index (χ4n) is 3.27. The molecule has 2 aliphatic heterocycles. The maximum atomic E-state index is 5.93. The predicted octanol–water partition coefficient (Wildman–Crippen LogP) is 2.12. The van der Waals surface area contributed by atoms with Crippen molar-refractivity contribution in [1.82, 2.24) is 5.32 Å². The minimum Gasteiger partial charge on any atom is -0.373 e. The molecule has 0 aromatic heterocycles. The fourth-order valence-corrected chi connectivity index (χ4v) is 3.27. The fraction of sp³-hybridized carbons (Fsp3) is 0.625. The molecule has 1 N–H and O–H groups in total. The van der Waals surface area contributed by atoms with Crippen molar-refractivity contribution in [2.24, 2.45) is 0 Å². The van der Waals surface area contributed by atoms with Gasteiger partial charge < -0.3 is 15.0 Å². The Labute approximate surface area is 115 Å². The number of anilines is 1. The normalized spacial score (nSPS) is 24.9. The molecule has 0 aliphatic carbocycles. The van der Waals surface area contributed by atoms with E-state index in [1.165, 1.54) is 29.7 Å². The maximum Gasteiger partial charge on any atom is 0.0900 e. The summed E-state index contributed by atoms with van der Waals surface area (Å²) in [4.78, 5) is 2.54. The van der Waals surface area contributed by atoms with Gasteiger partial charge in [-0.25, -0.2) is 0 Å². The monoisotopic (exact) mass is 260 g/mol. The zero-order chi connectivity index (χ0) is 13.2. The van der Waals surface area contributed by atoms with Gasteiger partial charge in [-0.2, -0.15) is 0 Å². The van der Waals surface area contributed by atoms with Crippen molar-refractivity contribution >= 4 is 5.69 Å². The predicted molar refractivity (Wildman–Crippen MR) is 78.9 cm³/mol. The van der Waals surface area contributed by atoms with Crippen LogP contribution in [-0.4, -0.2) is 38.4 Å². The average Bonchev–Trinajstić information content (AvgIpc) is 2.46. The van der Waals surface area contributed by atoms with Gasteiger partial charge in [0, 0.05) is 25.3 Å². The third-order valence-corrected chi connectivity index (χ3v) is 4.38. The molecule has 1 aromatic carbocycles. The lowest BCUT2D eigenvalue weighted by molar-refractivity contribution is 0.0142. The van der Waals surface area contributed by atoms with Crippen LogP contribution < -0.4 is 10.2 Å². The van der Waals surface area contributed by atoms with Gasteiger partial charge in [0.05, 0.1) is 18.8 Å². The molecule has 2 atom stereocenters. The number of nitrogens with one attached hydrogen (secondary N) is 1. The first-order chi connectivity index (χ1) is 9.25. The summed E-state index contributed by atoms with van der Waals surface area (Å²) in [6.45, 7) is 8.42.